The van der Waals surface area contributed by atoms with Crippen molar-refractivity contribution in [2.45, 2.75) is 45.1 Å². The van der Waals surface area contributed by atoms with Gasteiger partial charge in [0.1, 0.15) is 0 Å². The summed E-state index contributed by atoms with van der Waals surface area (Å²) in [6.07, 6.45) is -14.5. The first-order valence-electron chi connectivity index (χ1n) is 5.33. The molecule has 0 aliphatic heterocycles. The fourth-order valence-electron chi connectivity index (χ4n) is 1.21. The van der Waals surface area contributed by atoms with Gasteiger partial charge in [-0.15, -0.1) is 0 Å². The Morgan fingerprint density at radius 2 is 1.53 bits per heavy atom. The lowest BCUT2D eigenvalue weighted by Crippen LogP contribution is -2.44. The van der Waals surface area contributed by atoms with E-state index in [0.717, 1.165) is 0 Å². The zero-order chi connectivity index (χ0) is 15.5. The Labute approximate surface area is 112 Å². The zero-order valence-electron chi connectivity index (χ0n) is 10.4. The van der Waals surface area contributed by atoms with E-state index >= 15 is 0 Å². The average Bonchev–Trinajstić information content (AvgIpc) is 2.12. The van der Waals surface area contributed by atoms with Crippen LogP contribution in [0.1, 0.15) is 26.7 Å². The van der Waals surface area contributed by atoms with Gasteiger partial charge in [-0.05, 0) is 12.8 Å². The van der Waals surface area contributed by atoms with Crippen molar-refractivity contribution in [3.05, 3.63) is 0 Å². The Bertz CT molecular complexity index is 298. The van der Waals surface area contributed by atoms with Crippen LogP contribution in [0, 0.1) is 5.41 Å². The molecule has 0 spiro atoms. The molecule has 0 saturated heterocycles. The number of rotatable bonds is 6. The molecular formula is C10H15F6NOS. The molecular weight excluding hydrogens is 296 g/mol. The predicted octanol–water partition coefficient (Wildman–Crippen LogP) is 3.59. The largest absolute Gasteiger partial charge is 0.423 e. The van der Waals surface area contributed by atoms with E-state index in [1.807, 2.05) is 0 Å². The lowest BCUT2D eigenvalue weighted by Gasteiger charge is -2.25. The van der Waals surface area contributed by atoms with Crippen molar-refractivity contribution < 1.29 is 31.1 Å². The zero-order valence-corrected chi connectivity index (χ0v) is 11.2. The second-order valence-corrected chi connectivity index (χ2v) is 5.13. The number of hydrogen-bond donors (Lipinski definition) is 1. The molecule has 0 aromatic carbocycles. The van der Waals surface area contributed by atoms with E-state index in [2.05, 4.69) is 4.74 Å². The van der Waals surface area contributed by atoms with E-state index < -0.39 is 30.5 Å². The molecule has 19 heavy (non-hydrogen) atoms. The van der Waals surface area contributed by atoms with Crippen molar-refractivity contribution in [3.8, 4) is 0 Å². The van der Waals surface area contributed by atoms with Crippen molar-refractivity contribution in [1.82, 2.24) is 0 Å². The van der Waals surface area contributed by atoms with Crippen molar-refractivity contribution in [3.63, 3.8) is 0 Å². The molecule has 0 aliphatic rings. The van der Waals surface area contributed by atoms with Crippen molar-refractivity contribution in [2.24, 2.45) is 11.1 Å². The van der Waals surface area contributed by atoms with Gasteiger partial charge >= 0.3 is 12.4 Å². The molecule has 2 nitrogen and oxygen atoms in total. The van der Waals surface area contributed by atoms with E-state index in [1.165, 1.54) is 0 Å². The van der Waals surface area contributed by atoms with Gasteiger partial charge in [-0.3, -0.25) is 0 Å². The predicted molar refractivity (Wildman–Crippen MR) is 61.7 cm³/mol. The maximum absolute atomic E-state index is 12.1. The summed E-state index contributed by atoms with van der Waals surface area (Å²) in [6, 6.07) is 0. The summed E-state index contributed by atoms with van der Waals surface area (Å²) in [4.78, 5) is 0.149. The minimum absolute atomic E-state index is 0.00694. The second-order valence-electron chi connectivity index (χ2n) is 4.69. The molecule has 0 fully saturated rings. The van der Waals surface area contributed by atoms with Gasteiger partial charge in [-0.2, -0.15) is 26.3 Å². The third-order valence-electron chi connectivity index (χ3n) is 2.49. The summed E-state index contributed by atoms with van der Waals surface area (Å²) in [5, 5.41) is 0. The van der Waals surface area contributed by atoms with Crippen LogP contribution in [0.4, 0.5) is 26.3 Å². The maximum Gasteiger partial charge on any atom is 0.423 e. The van der Waals surface area contributed by atoms with E-state index in [0.29, 0.717) is 0 Å². The SMILES string of the molecule is CC(C)(CCCOC(C(F)(F)F)C(F)(F)F)C(N)=S. The van der Waals surface area contributed by atoms with Gasteiger partial charge < -0.3 is 10.5 Å². The van der Waals surface area contributed by atoms with Crippen LogP contribution in [0.5, 0.6) is 0 Å². The number of hydrogen-bond acceptors (Lipinski definition) is 2. The molecule has 0 radical (unpaired) electrons. The molecule has 2 N–H and O–H groups in total. The molecule has 0 amide bonds. The van der Waals surface area contributed by atoms with Crippen LogP contribution in [0.2, 0.25) is 0 Å². The molecule has 0 saturated carbocycles. The van der Waals surface area contributed by atoms with Gasteiger partial charge in [0.25, 0.3) is 0 Å². The molecule has 0 unspecified atom stereocenters. The van der Waals surface area contributed by atoms with Crippen molar-refractivity contribution >= 4 is 17.2 Å². The van der Waals surface area contributed by atoms with Gasteiger partial charge in [0.05, 0.1) is 4.99 Å². The first kappa shape index (κ1) is 18.4. The van der Waals surface area contributed by atoms with E-state index in [1.54, 1.807) is 13.8 Å². The smallest absolute Gasteiger partial charge is 0.393 e. The minimum atomic E-state index is -5.48. The van der Waals surface area contributed by atoms with Crippen LogP contribution in [0.15, 0.2) is 0 Å². The van der Waals surface area contributed by atoms with Gasteiger partial charge in [0.2, 0.25) is 6.10 Å². The normalized spacial score (nSPS) is 13.9. The summed E-state index contributed by atoms with van der Waals surface area (Å²) in [7, 11) is 0. The molecule has 0 rings (SSSR count). The van der Waals surface area contributed by atoms with E-state index in [9.17, 15) is 26.3 Å². The monoisotopic (exact) mass is 311 g/mol. The van der Waals surface area contributed by atoms with Crippen LogP contribution in [0.3, 0.4) is 0 Å². The van der Waals surface area contributed by atoms with Crippen LogP contribution in [-0.2, 0) is 4.74 Å². The summed E-state index contributed by atoms with van der Waals surface area (Å²) in [6.45, 7) is 2.64. The van der Waals surface area contributed by atoms with Crippen LogP contribution >= 0.6 is 12.2 Å². The number of ether oxygens (including phenoxy) is 1. The lowest BCUT2D eigenvalue weighted by atomic mass is 9.88. The minimum Gasteiger partial charge on any atom is -0.393 e. The second kappa shape index (κ2) is 6.25. The Morgan fingerprint density at radius 1 is 1.11 bits per heavy atom. The molecule has 0 heterocycles. The molecule has 0 aromatic heterocycles. The fraction of sp³-hybridized carbons (Fsp3) is 0.900. The lowest BCUT2D eigenvalue weighted by molar-refractivity contribution is -0.321. The van der Waals surface area contributed by atoms with E-state index in [-0.39, 0.29) is 17.8 Å². The standard InChI is InChI=1S/C10H15F6NOS/c1-8(2,7(17)19)4-3-5-18-6(9(11,12)13)10(14,15)16/h6H,3-5H2,1-2H3,(H2,17,19). The quantitative estimate of drug-likeness (QED) is 0.462. The maximum atomic E-state index is 12.1. The van der Waals surface area contributed by atoms with Gasteiger partial charge in [0.15, 0.2) is 0 Å². The third-order valence-corrected chi connectivity index (χ3v) is 3.04. The average molecular weight is 311 g/mol. The Balaban J connectivity index is 4.35. The summed E-state index contributed by atoms with van der Waals surface area (Å²) in [5.41, 5.74) is 4.75. The topological polar surface area (TPSA) is 35.2 Å². The highest BCUT2D eigenvalue weighted by Crippen LogP contribution is 2.36. The fourth-order valence-corrected chi connectivity index (χ4v) is 1.32. The Kier molecular flexibility index (Phi) is 6.07. The number of nitrogens with two attached hydrogens (primary N) is 1. The Hall–Kier alpha value is -0.570. The van der Waals surface area contributed by atoms with Crippen LogP contribution in [-0.4, -0.2) is 30.1 Å². The molecule has 0 aromatic rings. The van der Waals surface area contributed by atoms with E-state index in [4.69, 9.17) is 18.0 Å². The summed E-state index contributed by atoms with van der Waals surface area (Å²) in [5.74, 6) is 0. The van der Waals surface area contributed by atoms with Gasteiger partial charge in [0, 0.05) is 12.0 Å². The summed E-state index contributed by atoms with van der Waals surface area (Å²) < 4.78 is 76.6. The summed E-state index contributed by atoms with van der Waals surface area (Å²) >= 11 is 4.73. The number of alkyl halides is 6. The highest BCUT2D eigenvalue weighted by molar-refractivity contribution is 7.80. The first-order chi connectivity index (χ1) is 8.28. The molecule has 0 atom stereocenters. The molecule has 114 valence electrons. The van der Waals surface area contributed by atoms with Crippen molar-refractivity contribution in [2.75, 3.05) is 6.61 Å². The highest BCUT2D eigenvalue weighted by Gasteiger charge is 2.57. The third kappa shape index (κ3) is 6.42. The number of halogens is 6. The molecule has 0 aliphatic carbocycles. The van der Waals surface area contributed by atoms with Gasteiger partial charge in [-0.1, -0.05) is 26.1 Å². The van der Waals surface area contributed by atoms with Gasteiger partial charge in [-0.25, -0.2) is 0 Å². The van der Waals surface area contributed by atoms with Crippen LogP contribution < -0.4 is 5.73 Å². The van der Waals surface area contributed by atoms with Crippen LogP contribution in [0.25, 0.3) is 0 Å². The molecule has 9 heteroatoms. The highest BCUT2D eigenvalue weighted by atomic mass is 32.1. The first-order valence-corrected chi connectivity index (χ1v) is 5.74. The number of thiocarbonyl (C=S) groups is 1. The Morgan fingerprint density at radius 3 is 1.84 bits per heavy atom. The van der Waals surface area contributed by atoms with Crippen molar-refractivity contribution in [1.29, 1.82) is 0 Å². The molecule has 0 bridgehead atoms.